The normalized spacial score (nSPS) is 12.5. The average molecular weight is 195 g/mol. The van der Waals surface area contributed by atoms with Crippen LogP contribution in [0.4, 0.5) is 0 Å². The number of aryl methyl sites for hydroxylation is 1. The van der Waals surface area contributed by atoms with Gasteiger partial charge in [0.1, 0.15) is 5.82 Å². The highest BCUT2D eigenvalue weighted by Gasteiger charge is 2.14. The summed E-state index contributed by atoms with van der Waals surface area (Å²) in [7, 11) is 0. The molecule has 1 aromatic rings. The molecule has 0 bridgehead atoms. The molecular weight excluding hydrogens is 178 g/mol. The molecule has 1 N–H and O–H groups in total. The van der Waals surface area contributed by atoms with Gasteiger partial charge < -0.3 is 9.88 Å². The summed E-state index contributed by atoms with van der Waals surface area (Å²) in [6.45, 7) is 6.51. The number of rotatable bonds is 4. The lowest BCUT2D eigenvalue weighted by atomic mass is 10.2. The molecule has 1 atom stereocenters. The van der Waals surface area contributed by atoms with E-state index < -0.39 is 0 Å². The first kappa shape index (κ1) is 10.8. The van der Waals surface area contributed by atoms with Crippen molar-refractivity contribution in [2.45, 2.75) is 39.8 Å². The third-order valence-corrected chi connectivity index (χ3v) is 2.19. The van der Waals surface area contributed by atoms with Crippen molar-refractivity contribution in [3.63, 3.8) is 0 Å². The summed E-state index contributed by atoms with van der Waals surface area (Å²) in [5, 5.41) is 2.88. The van der Waals surface area contributed by atoms with Crippen molar-refractivity contribution in [2.75, 3.05) is 0 Å². The van der Waals surface area contributed by atoms with Crippen molar-refractivity contribution in [1.82, 2.24) is 14.9 Å². The third kappa shape index (κ3) is 2.34. The quantitative estimate of drug-likeness (QED) is 0.791. The van der Waals surface area contributed by atoms with Gasteiger partial charge in [-0.15, -0.1) is 0 Å². The van der Waals surface area contributed by atoms with E-state index in [0.717, 1.165) is 18.8 Å². The standard InChI is InChI=1S/C10H17N3O/c1-4-9(12-8(3)14)10-11-6-7-13(10)5-2/h6-7,9H,4-5H2,1-3H3,(H,12,14). The smallest absolute Gasteiger partial charge is 0.217 e. The van der Waals surface area contributed by atoms with Crippen molar-refractivity contribution in [1.29, 1.82) is 0 Å². The molecule has 0 saturated carbocycles. The number of hydrogen-bond acceptors (Lipinski definition) is 2. The van der Waals surface area contributed by atoms with Crippen LogP contribution in [-0.4, -0.2) is 15.5 Å². The first-order valence-electron chi connectivity index (χ1n) is 4.97. The number of carbonyl (C=O) groups excluding carboxylic acids is 1. The zero-order chi connectivity index (χ0) is 10.6. The van der Waals surface area contributed by atoms with Gasteiger partial charge in [0.05, 0.1) is 6.04 Å². The van der Waals surface area contributed by atoms with Crippen LogP contribution < -0.4 is 5.32 Å². The van der Waals surface area contributed by atoms with Crippen LogP contribution in [0.3, 0.4) is 0 Å². The molecule has 1 rings (SSSR count). The number of hydrogen-bond donors (Lipinski definition) is 1. The van der Waals surface area contributed by atoms with Gasteiger partial charge >= 0.3 is 0 Å². The summed E-state index contributed by atoms with van der Waals surface area (Å²) >= 11 is 0. The molecule has 1 amide bonds. The van der Waals surface area contributed by atoms with E-state index >= 15 is 0 Å². The maximum atomic E-state index is 11.0. The molecule has 4 heteroatoms. The van der Waals surface area contributed by atoms with Crippen LogP contribution in [0.5, 0.6) is 0 Å². The van der Waals surface area contributed by atoms with E-state index in [-0.39, 0.29) is 11.9 Å². The van der Waals surface area contributed by atoms with Crippen LogP contribution in [-0.2, 0) is 11.3 Å². The highest BCUT2D eigenvalue weighted by molar-refractivity contribution is 5.73. The van der Waals surface area contributed by atoms with Crippen molar-refractivity contribution in [3.05, 3.63) is 18.2 Å². The summed E-state index contributed by atoms with van der Waals surface area (Å²) < 4.78 is 2.05. The van der Waals surface area contributed by atoms with Gasteiger partial charge in [0.25, 0.3) is 0 Å². The minimum absolute atomic E-state index is 0.0116. The van der Waals surface area contributed by atoms with Gasteiger partial charge in [0.2, 0.25) is 5.91 Å². The molecule has 0 aromatic carbocycles. The summed E-state index contributed by atoms with van der Waals surface area (Å²) in [6.07, 6.45) is 4.56. The number of carbonyl (C=O) groups is 1. The lowest BCUT2D eigenvalue weighted by molar-refractivity contribution is -0.119. The van der Waals surface area contributed by atoms with Gasteiger partial charge in [-0.3, -0.25) is 4.79 Å². The van der Waals surface area contributed by atoms with E-state index in [1.54, 1.807) is 6.20 Å². The molecule has 0 saturated heterocycles. The Bertz CT molecular complexity index is 306. The Balaban J connectivity index is 2.82. The number of imidazole rings is 1. The topological polar surface area (TPSA) is 46.9 Å². The highest BCUT2D eigenvalue weighted by Crippen LogP contribution is 2.14. The van der Waals surface area contributed by atoms with Gasteiger partial charge in [-0.2, -0.15) is 0 Å². The van der Waals surface area contributed by atoms with Crippen molar-refractivity contribution < 1.29 is 4.79 Å². The number of aromatic nitrogens is 2. The van der Waals surface area contributed by atoms with Gasteiger partial charge in [0.15, 0.2) is 0 Å². The average Bonchev–Trinajstić information content (AvgIpc) is 2.61. The fourth-order valence-corrected chi connectivity index (χ4v) is 1.49. The Morgan fingerprint density at radius 2 is 2.36 bits per heavy atom. The van der Waals surface area contributed by atoms with E-state index in [0.29, 0.717) is 0 Å². The number of nitrogens with one attached hydrogen (secondary N) is 1. The predicted molar refractivity (Wildman–Crippen MR) is 54.7 cm³/mol. The SMILES string of the molecule is CCC(NC(C)=O)c1nccn1CC. The number of amides is 1. The molecule has 0 aliphatic carbocycles. The molecule has 4 nitrogen and oxygen atoms in total. The fourth-order valence-electron chi connectivity index (χ4n) is 1.49. The summed E-state index contributed by atoms with van der Waals surface area (Å²) in [5.41, 5.74) is 0. The summed E-state index contributed by atoms with van der Waals surface area (Å²) in [5.74, 6) is 0.924. The summed E-state index contributed by atoms with van der Waals surface area (Å²) in [4.78, 5) is 15.2. The third-order valence-electron chi connectivity index (χ3n) is 2.19. The molecule has 1 unspecified atom stereocenters. The van der Waals surface area contributed by atoms with Crippen LogP contribution in [0, 0.1) is 0 Å². The predicted octanol–water partition coefficient (Wildman–Crippen LogP) is 1.49. The number of nitrogens with zero attached hydrogens (tertiary/aromatic N) is 2. The second-order valence-electron chi connectivity index (χ2n) is 3.23. The monoisotopic (exact) mass is 195 g/mol. The van der Waals surface area contributed by atoms with Crippen LogP contribution in [0.2, 0.25) is 0 Å². The molecular formula is C10H17N3O. The van der Waals surface area contributed by atoms with Crippen LogP contribution in [0.1, 0.15) is 39.1 Å². The van der Waals surface area contributed by atoms with E-state index in [9.17, 15) is 4.79 Å². The minimum atomic E-state index is -0.0116. The van der Waals surface area contributed by atoms with Crippen LogP contribution >= 0.6 is 0 Å². The van der Waals surface area contributed by atoms with Crippen LogP contribution in [0.15, 0.2) is 12.4 Å². The molecule has 0 radical (unpaired) electrons. The second kappa shape index (κ2) is 4.79. The maximum absolute atomic E-state index is 11.0. The Labute approximate surface area is 84.3 Å². The molecule has 0 spiro atoms. The van der Waals surface area contributed by atoms with Crippen molar-refractivity contribution in [2.24, 2.45) is 0 Å². The van der Waals surface area contributed by atoms with E-state index in [4.69, 9.17) is 0 Å². The minimum Gasteiger partial charge on any atom is -0.346 e. The first-order valence-corrected chi connectivity index (χ1v) is 4.97. The van der Waals surface area contributed by atoms with Gasteiger partial charge in [0, 0.05) is 25.9 Å². The second-order valence-corrected chi connectivity index (χ2v) is 3.23. The van der Waals surface area contributed by atoms with E-state index in [2.05, 4.69) is 17.2 Å². The zero-order valence-corrected chi connectivity index (χ0v) is 8.95. The fraction of sp³-hybridized carbons (Fsp3) is 0.600. The molecule has 0 fully saturated rings. The molecule has 1 aromatic heterocycles. The molecule has 0 aliphatic heterocycles. The Kier molecular flexibility index (Phi) is 3.68. The largest absolute Gasteiger partial charge is 0.346 e. The lowest BCUT2D eigenvalue weighted by Gasteiger charge is -2.16. The zero-order valence-electron chi connectivity index (χ0n) is 8.95. The van der Waals surface area contributed by atoms with Gasteiger partial charge in [-0.1, -0.05) is 6.92 Å². The van der Waals surface area contributed by atoms with Crippen molar-refractivity contribution >= 4 is 5.91 Å². The molecule has 1 heterocycles. The van der Waals surface area contributed by atoms with Gasteiger partial charge in [-0.05, 0) is 13.3 Å². The Morgan fingerprint density at radius 3 is 2.86 bits per heavy atom. The lowest BCUT2D eigenvalue weighted by Crippen LogP contribution is -2.27. The molecule has 0 aliphatic rings. The highest BCUT2D eigenvalue weighted by atomic mass is 16.1. The van der Waals surface area contributed by atoms with Gasteiger partial charge in [-0.25, -0.2) is 4.98 Å². The first-order chi connectivity index (χ1) is 6.69. The van der Waals surface area contributed by atoms with Crippen molar-refractivity contribution in [3.8, 4) is 0 Å². The maximum Gasteiger partial charge on any atom is 0.217 e. The molecule has 14 heavy (non-hydrogen) atoms. The van der Waals surface area contributed by atoms with Crippen LogP contribution in [0.25, 0.3) is 0 Å². The van der Waals surface area contributed by atoms with E-state index in [1.807, 2.05) is 17.7 Å². The van der Waals surface area contributed by atoms with E-state index in [1.165, 1.54) is 6.92 Å². The Hall–Kier alpha value is -1.32. The Morgan fingerprint density at radius 1 is 1.64 bits per heavy atom. The summed E-state index contributed by atoms with van der Waals surface area (Å²) in [6, 6.07) is 0.0300. The molecule has 78 valence electrons.